The minimum atomic E-state index is -0.835. The zero-order valence-corrected chi connectivity index (χ0v) is 12.8. The Kier molecular flexibility index (Phi) is 4.29. The Morgan fingerprint density at radius 3 is 2.83 bits per heavy atom. The van der Waals surface area contributed by atoms with Crippen molar-refractivity contribution in [1.82, 2.24) is 24.7 Å². The van der Waals surface area contributed by atoms with E-state index < -0.39 is 11.6 Å². The molecule has 118 valence electrons. The highest BCUT2D eigenvalue weighted by molar-refractivity contribution is 6.33. The zero-order valence-electron chi connectivity index (χ0n) is 12.0. The Labute approximate surface area is 135 Å². The lowest BCUT2D eigenvalue weighted by Gasteiger charge is -2.05. The van der Waals surface area contributed by atoms with Crippen molar-refractivity contribution < 1.29 is 8.78 Å². The lowest BCUT2D eigenvalue weighted by atomic mass is 10.2. The average Bonchev–Trinajstić information content (AvgIpc) is 2.92. The van der Waals surface area contributed by atoms with Crippen LogP contribution in [-0.4, -0.2) is 24.7 Å². The summed E-state index contributed by atoms with van der Waals surface area (Å²) in [5.74, 6) is -1.22. The molecule has 0 aliphatic rings. The number of fused-ring (bicyclic) bond motifs is 1. The summed E-state index contributed by atoms with van der Waals surface area (Å²) in [6.45, 7) is 3.66. The molecule has 0 amide bonds. The summed E-state index contributed by atoms with van der Waals surface area (Å²) < 4.78 is 28.1. The molecule has 0 aliphatic carbocycles. The first-order chi connectivity index (χ1) is 11.1. The monoisotopic (exact) mass is 335 g/mol. The van der Waals surface area contributed by atoms with Gasteiger partial charge < -0.3 is 0 Å². The van der Waals surface area contributed by atoms with E-state index in [-0.39, 0.29) is 11.0 Å². The summed E-state index contributed by atoms with van der Waals surface area (Å²) in [5, 5.41) is 4.75. The Bertz CT molecular complexity index is 878. The molecule has 0 bridgehead atoms. The Hall–Kier alpha value is -2.41. The van der Waals surface area contributed by atoms with Crippen LogP contribution in [-0.2, 0) is 6.42 Å². The quantitative estimate of drug-likeness (QED) is 0.406. The first-order valence-corrected chi connectivity index (χ1v) is 7.30. The largest absolute Gasteiger partial charge is 0.231 e. The van der Waals surface area contributed by atoms with Crippen molar-refractivity contribution in [2.75, 3.05) is 0 Å². The normalized spacial score (nSPS) is 11.1. The summed E-state index contributed by atoms with van der Waals surface area (Å²) in [4.78, 5) is 12.3. The van der Waals surface area contributed by atoms with Crippen molar-refractivity contribution in [3.05, 3.63) is 53.7 Å². The van der Waals surface area contributed by atoms with Crippen molar-refractivity contribution in [2.45, 2.75) is 19.3 Å². The van der Waals surface area contributed by atoms with Gasteiger partial charge in [0.2, 0.25) is 0 Å². The highest BCUT2D eigenvalue weighted by atomic mass is 35.5. The van der Waals surface area contributed by atoms with E-state index in [9.17, 15) is 8.78 Å². The van der Waals surface area contributed by atoms with Gasteiger partial charge in [-0.1, -0.05) is 17.7 Å². The lowest BCUT2D eigenvalue weighted by molar-refractivity contribution is 0.561. The van der Waals surface area contributed by atoms with Gasteiger partial charge in [0.05, 0.1) is 17.8 Å². The summed E-state index contributed by atoms with van der Waals surface area (Å²) in [7, 11) is 0. The SMILES string of the molecule is C=CCCCc1nc(Cl)c2cnn(-c3ncc(F)cc3F)c2n1. The van der Waals surface area contributed by atoms with E-state index in [2.05, 4.69) is 26.6 Å². The molecule has 0 aromatic carbocycles. The van der Waals surface area contributed by atoms with Crippen LogP contribution in [0.5, 0.6) is 0 Å². The minimum absolute atomic E-state index is 0.145. The molecule has 0 aliphatic heterocycles. The highest BCUT2D eigenvalue weighted by Gasteiger charge is 2.16. The molecular formula is C15H12ClF2N5. The number of rotatable bonds is 5. The first-order valence-electron chi connectivity index (χ1n) is 6.92. The molecule has 0 spiro atoms. The Morgan fingerprint density at radius 2 is 2.09 bits per heavy atom. The summed E-state index contributed by atoms with van der Waals surface area (Å²) in [5.41, 5.74) is 0.330. The maximum absolute atomic E-state index is 13.9. The molecule has 0 radical (unpaired) electrons. The predicted octanol–water partition coefficient (Wildman–Crippen LogP) is 3.65. The van der Waals surface area contributed by atoms with E-state index in [4.69, 9.17) is 11.6 Å². The van der Waals surface area contributed by atoms with Gasteiger partial charge >= 0.3 is 0 Å². The van der Waals surface area contributed by atoms with Crippen LogP contribution in [0.3, 0.4) is 0 Å². The minimum Gasteiger partial charge on any atom is -0.231 e. The maximum atomic E-state index is 13.9. The zero-order chi connectivity index (χ0) is 16.4. The van der Waals surface area contributed by atoms with E-state index in [1.54, 1.807) is 0 Å². The van der Waals surface area contributed by atoms with Crippen LogP contribution in [0.25, 0.3) is 16.9 Å². The highest BCUT2D eigenvalue weighted by Crippen LogP contribution is 2.23. The van der Waals surface area contributed by atoms with Crippen molar-refractivity contribution in [3.63, 3.8) is 0 Å². The van der Waals surface area contributed by atoms with Gasteiger partial charge in [-0.25, -0.2) is 23.7 Å². The number of hydrogen-bond donors (Lipinski definition) is 0. The second kappa shape index (κ2) is 6.37. The fraction of sp³-hybridized carbons (Fsp3) is 0.200. The predicted molar refractivity (Wildman–Crippen MR) is 82.5 cm³/mol. The van der Waals surface area contributed by atoms with E-state index in [1.165, 1.54) is 10.9 Å². The molecule has 3 rings (SSSR count). The van der Waals surface area contributed by atoms with Crippen LogP contribution in [0.15, 0.2) is 31.1 Å². The number of pyridine rings is 1. The molecule has 0 atom stereocenters. The molecule has 0 saturated heterocycles. The van der Waals surface area contributed by atoms with Crippen LogP contribution in [0, 0.1) is 11.6 Å². The molecule has 0 N–H and O–H groups in total. The third kappa shape index (κ3) is 3.05. The lowest BCUT2D eigenvalue weighted by Crippen LogP contribution is -2.06. The molecule has 0 saturated carbocycles. The van der Waals surface area contributed by atoms with Crippen molar-refractivity contribution in [1.29, 1.82) is 0 Å². The van der Waals surface area contributed by atoms with Crippen LogP contribution < -0.4 is 0 Å². The summed E-state index contributed by atoms with van der Waals surface area (Å²) in [6, 6.07) is 0.740. The number of unbranched alkanes of at least 4 members (excludes halogenated alkanes) is 1. The van der Waals surface area contributed by atoms with Gasteiger partial charge in [0.25, 0.3) is 0 Å². The van der Waals surface area contributed by atoms with Gasteiger partial charge in [-0.2, -0.15) is 9.78 Å². The average molecular weight is 336 g/mol. The van der Waals surface area contributed by atoms with Gasteiger partial charge in [0.1, 0.15) is 16.8 Å². The third-order valence-electron chi connectivity index (χ3n) is 3.23. The maximum Gasteiger partial charge on any atom is 0.192 e. The van der Waals surface area contributed by atoms with Gasteiger partial charge in [-0.15, -0.1) is 6.58 Å². The van der Waals surface area contributed by atoms with Gasteiger partial charge in [-0.05, 0) is 12.8 Å². The third-order valence-corrected chi connectivity index (χ3v) is 3.51. The topological polar surface area (TPSA) is 56.5 Å². The number of halogens is 3. The molecule has 3 aromatic heterocycles. The van der Waals surface area contributed by atoms with Gasteiger partial charge in [0.15, 0.2) is 17.3 Å². The van der Waals surface area contributed by atoms with Crippen LogP contribution in [0.1, 0.15) is 18.7 Å². The number of aryl methyl sites for hydroxylation is 1. The summed E-state index contributed by atoms with van der Waals surface area (Å²) >= 11 is 6.14. The van der Waals surface area contributed by atoms with Crippen LogP contribution >= 0.6 is 11.6 Å². The Balaban J connectivity index is 2.09. The molecule has 23 heavy (non-hydrogen) atoms. The summed E-state index contributed by atoms with van der Waals surface area (Å²) in [6.07, 6.45) is 6.40. The molecule has 3 aromatic rings. The number of allylic oxidation sites excluding steroid dienone is 1. The van der Waals surface area contributed by atoms with Crippen molar-refractivity contribution >= 4 is 22.6 Å². The molecule has 3 heterocycles. The molecule has 0 fully saturated rings. The molecule has 0 unspecified atom stereocenters. The van der Waals surface area contributed by atoms with Crippen molar-refractivity contribution in [2.24, 2.45) is 0 Å². The van der Waals surface area contributed by atoms with Gasteiger partial charge in [0, 0.05) is 12.5 Å². The van der Waals surface area contributed by atoms with Crippen molar-refractivity contribution in [3.8, 4) is 5.82 Å². The smallest absolute Gasteiger partial charge is 0.192 e. The van der Waals surface area contributed by atoms with Crippen LogP contribution in [0.2, 0.25) is 5.15 Å². The van der Waals surface area contributed by atoms with E-state index in [0.29, 0.717) is 23.3 Å². The molecule has 5 nitrogen and oxygen atoms in total. The second-order valence-electron chi connectivity index (χ2n) is 4.86. The van der Waals surface area contributed by atoms with Crippen LogP contribution in [0.4, 0.5) is 8.78 Å². The van der Waals surface area contributed by atoms with Gasteiger partial charge in [-0.3, -0.25) is 0 Å². The molecular weight excluding hydrogens is 324 g/mol. The standard InChI is InChI=1S/C15H12ClF2N5/c1-2-3-4-5-12-21-13(16)10-8-20-23(14(10)22-12)15-11(18)6-9(17)7-19-15/h2,6-8H,1,3-5H2. The second-order valence-corrected chi connectivity index (χ2v) is 5.22. The van der Waals surface area contributed by atoms with E-state index in [1.807, 2.05) is 6.08 Å². The number of hydrogen-bond acceptors (Lipinski definition) is 4. The Morgan fingerprint density at radius 1 is 1.26 bits per heavy atom. The van der Waals surface area contributed by atoms with E-state index in [0.717, 1.165) is 25.1 Å². The first kappa shape index (κ1) is 15.5. The molecule has 8 heteroatoms. The fourth-order valence-corrected chi connectivity index (χ4v) is 2.38. The number of nitrogens with zero attached hydrogens (tertiary/aromatic N) is 5. The fourth-order valence-electron chi connectivity index (χ4n) is 2.15. The van der Waals surface area contributed by atoms with E-state index >= 15 is 0 Å². The number of aromatic nitrogens is 5.